The number of hydrogen-bond acceptors (Lipinski definition) is 4. The lowest BCUT2D eigenvalue weighted by atomic mass is 10.0. The van der Waals surface area contributed by atoms with Crippen molar-refractivity contribution < 1.29 is 4.42 Å². The zero-order valence-electron chi connectivity index (χ0n) is 11.1. The molecular formula is C13H20N4O. The molecule has 18 heavy (non-hydrogen) atoms. The third kappa shape index (κ3) is 2.46. The van der Waals surface area contributed by atoms with Crippen LogP contribution < -0.4 is 5.73 Å². The van der Waals surface area contributed by atoms with Gasteiger partial charge in [0.05, 0.1) is 6.26 Å². The second-order valence-electron chi connectivity index (χ2n) is 4.68. The minimum Gasteiger partial charge on any atom is -0.469 e. The molecule has 1 unspecified atom stereocenters. The second kappa shape index (κ2) is 5.35. The van der Waals surface area contributed by atoms with Gasteiger partial charge in [0, 0.05) is 30.5 Å². The topological polar surface area (TPSA) is 69.9 Å². The van der Waals surface area contributed by atoms with Crippen LogP contribution in [-0.4, -0.2) is 14.8 Å². The van der Waals surface area contributed by atoms with Gasteiger partial charge in [0.15, 0.2) is 0 Å². The van der Waals surface area contributed by atoms with Crippen molar-refractivity contribution in [1.29, 1.82) is 0 Å². The number of nitrogens with zero attached hydrogens (tertiary/aromatic N) is 3. The molecule has 0 aliphatic rings. The van der Waals surface area contributed by atoms with Crippen LogP contribution in [0.1, 0.15) is 50.0 Å². The van der Waals surface area contributed by atoms with Crippen LogP contribution in [0.25, 0.3) is 0 Å². The molecule has 0 saturated heterocycles. The van der Waals surface area contributed by atoms with Crippen LogP contribution in [0.3, 0.4) is 0 Å². The van der Waals surface area contributed by atoms with Crippen LogP contribution in [0.4, 0.5) is 0 Å². The predicted octanol–water partition coefficient (Wildman–Crippen LogP) is 2.26. The number of aryl methyl sites for hydroxylation is 1. The highest BCUT2D eigenvalue weighted by molar-refractivity contribution is 5.22. The summed E-state index contributed by atoms with van der Waals surface area (Å²) in [5.41, 5.74) is 7.30. The first kappa shape index (κ1) is 12.8. The maximum absolute atomic E-state index is 6.23. The van der Waals surface area contributed by atoms with Gasteiger partial charge in [-0.3, -0.25) is 0 Å². The lowest BCUT2D eigenvalue weighted by Crippen LogP contribution is -2.18. The van der Waals surface area contributed by atoms with Crippen LogP contribution in [-0.2, 0) is 12.8 Å². The van der Waals surface area contributed by atoms with Crippen LogP contribution in [0.5, 0.6) is 0 Å². The van der Waals surface area contributed by atoms with Gasteiger partial charge in [-0.1, -0.05) is 6.92 Å². The van der Waals surface area contributed by atoms with Crippen LogP contribution in [0.2, 0.25) is 0 Å². The Bertz CT molecular complexity index is 501. The van der Waals surface area contributed by atoms with Gasteiger partial charge < -0.3 is 10.2 Å². The Labute approximate surface area is 107 Å². The minimum absolute atomic E-state index is 0.0969. The first-order chi connectivity index (χ1) is 8.63. The Morgan fingerprint density at radius 2 is 2.22 bits per heavy atom. The van der Waals surface area contributed by atoms with Crippen molar-refractivity contribution in [2.45, 2.75) is 45.7 Å². The molecule has 0 spiro atoms. The van der Waals surface area contributed by atoms with Crippen molar-refractivity contribution in [1.82, 2.24) is 14.8 Å². The van der Waals surface area contributed by atoms with Gasteiger partial charge in [0.2, 0.25) is 0 Å². The minimum atomic E-state index is -0.0969. The van der Waals surface area contributed by atoms with Gasteiger partial charge in [-0.2, -0.15) is 5.10 Å². The fraction of sp³-hybridized carbons (Fsp3) is 0.538. The van der Waals surface area contributed by atoms with E-state index >= 15 is 0 Å². The molecule has 5 heteroatoms. The number of hydrogen-bond donors (Lipinski definition) is 1. The van der Waals surface area contributed by atoms with Crippen molar-refractivity contribution in [2.75, 3.05) is 0 Å². The molecule has 0 amide bonds. The quantitative estimate of drug-likeness (QED) is 0.881. The summed E-state index contributed by atoms with van der Waals surface area (Å²) in [4.78, 5) is 4.28. The summed E-state index contributed by atoms with van der Waals surface area (Å²) in [6, 6.07) is 2.14. The zero-order chi connectivity index (χ0) is 13.1. The Morgan fingerprint density at radius 1 is 1.44 bits per heavy atom. The molecule has 2 rings (SSSR count). The molecule has 0 aromatic carbocycles. The third-order valence-corrected chi connectivity index (χ3v) is 3.04. The molecule has 2 aromatic heterocycles. The highest BCUT2D eigenvalue weighted by Gasteiger charge is 2.17. The van der Waals surface area contributed by atoms with Crippen molar-refractivity contribution >= 4 is 0 Å². The SMILES string of the molecule is CCc1occc1C(N)Cc1ncnn1C(C)C. The van der Waals surface area contributed by atoms with E-state index in [1.165, 1.54) is 0 Å². The smallest absolute Gasteiger partial charge is 0.138 e. The Kier molecular flexibility index (Phi) is 3.81. The van der Waals surface area contributed by atoms with Crippen LogP contribution in [0.15, 0.2) is 23.1 Å². The lowest BCUT2D eigenvalue weighted by Gasteiger charge is -2.13. The lowest BCUT2D eigenvalue weighted by molar-refractivity contribution is 0.484. The summed E-state index contributed by atoms with van der Waals surface area (Å²) in [5.74, 6) is 1.87. The standard InChI is InChI=1S/C13H20N4O/c1-4-12-10(5-6-18-12)11(14)7-13-15-8-16-17(13)9(2)3/h5-6,8-9,11H,4,7,14H2,1-3H3. The molecular weight excluding hydrogens is 228 g/mol. The largest absolute Gasteiger partial charge is 0.469 e. The van der Waals surface area contributed by atoms with Gasteiger partial charge in [-0.25, -0.2) is 9.67 Å². The van der Waals surface area contributed by atoms with E-state index in [9.17, 15) is 0 Å². The Hall–Kier alpha value is -1.62. The van der Waals surface area contributed by atoms with Crippen molar-refractivity contribution in [3.8, 4) is 0 Å². The molecule has 2 N–H and O–H groups in total. The molecule has 0 radical (unpaired) electrons. The summed E-state index contributed by atoms with van der Waals surface area (Å²) in [6.07, 6.45) is 4.80. The number of rotatable bonds is 5. The van der Waals surface area contributed by atoms with Gasteiger partial charge in [0.25, 0.3) is 0 Å². The van der Waals surface area contributed by atoms with E-state index in [0.29, 0.717) is 12.5 Å². The second-order valence-corrected chi connectivity index (χ2v) is 4.68. The Balaban J connectivity index is 2.16. The highest BCUT2D eigenvalue weighted by atomic mass is 16.3. The van der Waals surface area contributed by atoms with E-state index in [-0.39, 0.29) is 6.04 Å². The van der Waals surface area contributed by atoms with E-state index in [1.54, 1.807) is 12.6 Å². The number of aromatic nitrogens is 3. The number of nitrogens with two attached hydrogens (primary N) is 1. The highest BCUT2D eigenvalue weighted by Crippen LogP contribution is 2.21. The van der Waals surface area contributed by atoms with Gasteiger partial charge >= 0.3 is 0 Å². The molecule has 0 saturated carbocycles. The predicted molar refractivity (Wildman–Crippen MR) is 69.1 cm³/mol. The molecule has 0 aliphatic heterocycles. The molecule has 0 bridgehead atoms. The molecule has 98 valence electrons. The normalized spacial score (nSPS) is 13.2. The molecule has 2 heterocycles. The van der Waals surface area contributed by atoms with Gasteiger partial charge in [-0.15, -0.1) is 0 Å². The average Bonchev–Trinajstić information content (AvgIpc) is 2.96. The van der Waals surface area contributed by atoms with E-state index in [2.05, 4.69) is 30.9 Å². The molecule has 0 aliphatic carbocycles. The van der Waals surface area contributed by atoms with Crippen LogP contribution in [0, 0.1) is 0 Å². The number of furan rings is 1. The van der Waals surface area contributed by atoms with E-state index in [1.807, 2.05) is 10.7 Å². The first-order valence-corrected chi connectivity index (χ1v) is 6.33. The summed E-state index contributed by atoms with van der Waals surface area (Å²) in [6.45, 7) is 6.23. The molecule has 5 nitrogen and oxygen atoms in total. The monoisotopic (exact) mass is 248 g/mol. The maximum atomic E-state index is 6.23. The van der Waals surface area contributed by atoms with Gasteiger partial charge in [0.1, 0.15) is 17.9 Å². The summed E-state index contributed by atoms with van der Waals surface area (Å²) >= 11 is 0. The van der Waals surface area contributed by atoms with Crippen molar-refractivity contribution in [3.63, 3.8) is 0 Å². The molecule has 2 aromatic rings. The maximum Gasteiger partial charge on any atom is 0.138 e. The van der Waals surface area contributed by atoms with Gasteiger partial charge in [-0.05, 0) is 19.9 Å². The van der Waals surface area contributed by atoms with E-state index in [0.717, 1.165) is 23.6 Å². The summed E-state index contributed by atoms with van der Waals surface area (Å²) < 4.78 is 7.32. The van der Waals surface area contributed by atoms with Crippen LogP contribution >= 0.6 is 0 Å². The fourth-order valence-electron chi connectivity index (χ4n) is 2.13. The first-order valence-electron chi connectivity index (χ1n) is 6.33. The molecule has 1 atom stereocenters. The summed E-state index contributed by atoms with van der Waals surface area (Å²) in [5, 5.41) is 4.22. The summed E-state index contributed by atoms with van der Waals surface area (Å²) in [7, 11) is 0. The van der Waals surface area contributed by atoms with E-state index < -0.39 is 0 Å². The third-order valence-electron chi connectivity index (χ3n) is 3.04. The van der Waals surface area contributed by atoms with Crippen molar-refractivity contribution in [2.24, 2.45) is 5.73 Å². The zero-order valence-corrected chi connectivity index (χ0v) is 11.1. The Morgan fingerprint density at radius 3 is 2.89 bits per heavy atom. The molecule has 0 fully saturated rings. The average molecular weight is 248 g/mol. The fourth-order valence-corrected chi connectivity index (χ4v) is 2.13. The van der Waals surface area contributed by atoms with E-state index in [4.69, 9.17) is 10.2 Å². The van der Waals surface area contributed by atoms with Crippen molar-refractivity contribution in [3.05, 3.63) is 35.8 Å².